The van der Waals surface area contributed by atoms with E-state index in [2.05, 4.69) is 39.3 Å². The van der Waals surface area contributed by atoms with Crippen molar-refractivity contribution in [1.29, 1.82) is 0 Å². The molecule has 2 rings (SSSR count). The van der Waals surface area contributed by atoms with Gasteiger partial charge in [0.2, 0.25) is 5.95 Å². The van der Waals surface area contributed by atoms with Crippen LogP contribution in [-0.4, -0.2) is 34.1 Å². The molecule has 1 atom stereocenters. The molecule has 0 aliphatic carbocycles. The van der Waals surface area contributed by atoms with Crippen LogP contribution in [0.15, 0.2) is 6.20 Å². The molecule has 1 fully saturated rings. The zero-order chi connectivity index (χ0) is 12.3. The van der Waals surface area contributed by atoms with Gasteiger partial charge in [-0.25, -0.2) is 4.98 Å². The number of aryl methyl sites for hydroxylation is 1. The maximum Gasteiger partial charge on any atom is 0.224 e. The van der Waals surface area contributed by atoms with Gasteiger partial charge in [0.1, 0.15) is 5.82 Å². The quantitative estimate of drug-likeness (QED) is 0.862. The summed E-state index contributed by atoms with van der Waals surface area (Å²) in [6.45, 7) is 5.33. The maximum atomic E-state index is 4.44. The van der Waals surface area contributed by atoms with Crippen molar-refractivity contribution in [3.05, 3.63) is 11.8 Å². The molecule has 5 heteroatoms. The molecule has 2 N–H and O–H groups in total. The molecule has 1 aliphatic heterocycles. The summed E-state index contributed by atoms with van der Waals surface area (Å²) >= 11 is 2.06. The van der Waals surface area contributed by atoms with E-state index in [-0.39, 0.29) is 0 Å². The molecule has 1 aromatic rings. The van der Waals surface area contributed by atoms with Gasteiger partial charge in [-0.15, -0.1) is 0 Å². The van der Waals surface area contributed by atoms with Crippen molar-refractivity contribution < 1.29 is 0 Å². The average molecular weight is 252 g/mol. The van der Waals surface area contributed by atoms with Crippen LogP contribution in [0.25, 0.3) is 0 Å². The molecule has 2 heterocycles. The number of nitrogens with zero attached hydrogens (tertiary/aromatic N) is 2. The minimum absolute atomic E-state index is 0.358. The summed E-state index contributed by atoms with van der Waals surface area (Å²) in [4.78, 5) is 8.63. The molecular formula is C12H20N4S. The Kier molecular flexibility index (Phi) is 3.76. The number of anilines is 2. The zero-order valence-corrected chi connectivity index (χ0v) is 11.5. The van der Waals surface area contributed by atoms with Crippen molar-refractivity contribution in [3.8, 4) is 0 Å². The highest BCUT2D eigenvalue weighted by Crippen LogP contribution is 2.37. The van der Waals surface area contributed by atoms with Crippen LogP contribution in [-0.2, 0) is 0 Å². The summed E-state index contributed by atoms with van der Waals surface area (Å²) in [5.41, 5.74) is 1.09. The zero-order valence-electron chi connectivity index (χ0n) is 10.7. The van der Waals surface area contributed by atoms with E-state index in [9.17, 15) is 0 Å². The van der Waals surface area contributed by atoms with Gasteiger partial charge in [0.05, 0.1) is 0 Å². The Morgan fingerprint density at radius 2 is 2.35 bits per heavy atom. The van der Waals surface area contributed by atoms with E-state index in [0.717, 1.165) is 17.9 Å². The summed E-state index contributed by atoms with van der Waals surface area (Å²) in [7, 11) is 1.84. The highest BCUT2D eigenvalue weighted by Gasteiger charge is 2.29. The van der Waals surface area contributed by atoms with Crippen LogP contribution < -0.4 is 10.6 Å². The number of hydrogen-bond donors (Lipinski definition) is 2. The van der Waals surface area contributed by atoms with Crippen molar-refractivity contribution in [1.82, 2.24) is 9.97 Å². The number of nitrogens with one attached hydrogen (secondary N) is 2. The van der Waals surface area contributed by atoms with E-state index in [1.54, 1.807) is 0 Å². The summed E-state index contributed by atoms with van der Waals surface area (Å²) in [5, 5.41) is 6.42. The Labute approximate surface area is 107 Å². The van der Waals surface area contributed by atoms with Crippen molar-refractivity contribution in [2.45, 2.75) is 31.4 Å². The van der Waals surface area contributed by atoms with Crippen LogP contribution in [0.2, 0.25) is 0 Å². The summed E-state index contributed by atoms with van der Waals surface area (Å²) in [6, 6.07) is 0. The molecular weight excluding hydrogens is 232 g/mol. The first-order valence-corrected chi connectivity index (χ1v) is 7.01. The van der Waals surface area contributed by atoms with E-state index >= 15 is 0 Å². The third-order valence-corrected chi connectivity index (χ3v) is 4.66. The molecule has 4 nitrogen and oxygen atoms in total. The SMILES string of the molecule is CNc1ncc(C)c(NCC2(C)CCCS2)n1. The highest BCUT2D eigenvalue weighted by molar-refractivity contribution is 8.00. The van der Waals surface area contributed by atoms with Gasteiger partial charge in [0.25, 0.3) is 0 Å². The van der Waals surface area contributed by atoms with Gasteiger partial charge >= 0.3 is 0 Å². The monoisotopic (exact) mass is 252 g/mol. The molecule has 1 saturated heterocycles. The average Bonchev–Trinajstić information content (AvgIpc) is 2.76. The second-order valence-electron chi connectivity index (χ2n) is 4.73. The lowest BCUT2D eigenvalue weighted by atomic mass is 10.1. The first-order valence-electron chi connectivity index (χ1n) is 6.02. The number of hydrogen-bond acceptors (Lipinski definition) is 5. The lowest BCUT2D eigenvalue weighted by molar-refractivity contribution is 0.633. The largest absolute Gasteiger partial charge is 0.368 e. The lowest BCUT2D eigenvalue weighted by Gasteiger charge is -2.23. The number of aromatic nitrogens is 2. The van der Waals surface area contributed by atoms with Crippen molar-refractivity contribution in [3.63, 3.8) is 0 Å². The summed E-state index contributed by atoms with van der Waals surface area (Å²) < 4.78 is 0.358. The first-order chi connectivity index (χ1) is 8.13. The van der Waals surface area contributed by atoms with Gasteiger partial charge in [0, 0.05) is 30.1 Å². The second-order valence-corrected chi connectivity index (χ2v) is 6.41. The Morgan fingerprint density at radius 1 is 1.53 bits per heavy atom. The predicted octanol–water partition coefficient (Wildman–Crippen LogP) is 2.52. The van der Waals surface area contributed by atoms with Crippen LogP contribution in [0.5, 0.6) is 0 Å². The fraction of sp³-hybridized carbons (Fsp3) is 0.667. The van der Waals surface area contributed by atoms with Gasteiger partial charge < -0.3 is 10.6 Å². The molecule has 1 unspecified atom stereocenters. The van der Waals surface area contributed by atoms with Gasteiger partial charge in [-0.2, -0.15) is 16.7 Å². The molecule has 0 aromatic carbocycles. The second kappa shape index (κ2) is 5.12. The van der Waals surface area contributed by atoms with Crippen LogP contribution in [0, 0.1) is 6.92 Å². The third-order valence-electron chi connectivity index (χ3n) is 3.13. The fourth-order valence-corrected chi connectivity index (χ4v) is 3.23. The fourth-order valence-electron chi connectivity index (χ4n) is 1.99. The Hall–Kier alpha value is -0.970. The van der Waals surface area contributed by atoms with Crippen LogP contribution in [0.4, 0.5) is 11.8 Å². The van der Waals surface area contributed by atoms with E-state index in [4.69, 9.17) is 0 Å². The van der Waals surface area contributed by atoms with Gasteiger partial charge in [-0.3, -0.25) is 0 Å². The van der Waals surface area contributed by atoms with E-state index in [1.807, 2.05) is 20.2 Å². The smallest absolute Gasteiger partial charge is 0.224 e. The van der Waals surface area contributed by atoms with E-state index < -0.39 is 0 Å². The van der Waals surface area contributed by atoms with Crippen LogP contribution >= 0.6 is 11.8 Å². The molecule has 17 heavy (non-hydrogen) atoms. The molecule has 1 aromatic heterocycles. The minimum Gasteiger partial charge on any atom is -0.368 e. The summed E-state index contributed by atoms with van der Waals surface area (Å²) in [6.07, 6.45) is 4.46. The lowest BCUT2D eigenvalue weighted by Crippen LogP contribution is -2.27. The maximum absolute atomic E-state index is 4.44. The van der Waals surface area contributed by atoms with Gasteiger partial charge in [-0.1, -0.05) is 0 Å². The molecule has 0 radical (unpaired) electrons. The Balaban J connectivity index is 2.02. The Morgan fingerprint density at radius 3 is 3.00 bits per heavy atom. The van der Waals surface area contributed by atoms with Crippen molar-refractivity contribution in [2.75, 3.05) is 30.0 Å². The molecule has 0 amide bonds. The van der Waals surface area contributed by atoms with E-state index in [0.29, 0.717) is 10.7 Å². The Bertz CT molecular complexity index is 388. The van der Waals surface area contributed by atoms with Crippen molar-refractivity contribution >= 4 is 23.5 Å². The van der Waals surface area contributed by atoms with Crippen LogP contribution in [0.1, 0.15) is 25.3 Å². The third kappa shape index (κ3) is 3.03. The molecule has 0 bridgehead atoms. The first kappa shape index (κ1) is 12.5. The van der Waals surface area contributed by atoms with Crippen LogP contribution in [0.3, 0.4) is 0 Å². The molecule has 1 aliphatic rings. The van der Waals surface area contributed by atoms with Gasteiger partial charge in [0.15, 0.2) is 0 Å². The van der Waals surface area contributed by atoms with Gasteiger partial charge in [-0.05, 0) is 32.4 Å². The summed E-state index contributed by atoms with van der Waals surface area (Å²) in [5.74, 6) is 2.89. The predicted molar refractivity (Wildman–Crippen MR) is 74.9 cm³/mol. The van der Waals surface area contributed by atoms with E-state index in [1.165, 1.54) is 18.6 Å². The molecule has 94 valence electrons. The highest BCUT2D eigenvalue weighted by atomic mass is 32.2. The normalized spacial score (nSPS) is 23.7. The number of rotatable bonds is 4. The number of thioether (sulfide) groups is 1. The standard InChI is InChI=1S/C12H20N4S/c1-9-7-14-11(13-3)16-10(9)15-8-12(2)5-4-6-17-12/h7H,4-6,8H2,1-3H3,(H2,13,14,15,16). The van der Waals surface area contributed by atoms with Crippen molar-refractivity contribution in [2.24, 2.45) is 0 Å². The molecule has 0 saturated carbocycles. The minimum atomic E-state index is 0.358. The topological polar surface area (TPSA) is 49.8 Å². The molecule has 0 spiro atoms.